The van der Waals surface area contributed by atoms with E-state index in [1.807, 2.05) is 18.2 Å². The number of aromatic nitrogens is 1. The number of fused-ring (bicyclic) bond motifs is 2. The Balaban J connectivity index is 1.36. The number of pyridine rings is 1. The van der Waals surface area contributed by atoms with Crippen LogP contribution in [0.15, 0.2) is 67.0 Å². The molecule has 1 N–H and O–H groups in total. The summed E-state index contributed by atoms with van der Waals surface area (Å²) in [5.74, 6) is -1.95. The maximum absolute atomic E-state index is 14.1. The first-order chi connectivity index (χ1) is 17.4. The normalized spacial score (nSPS) is 20.2. The van der Waals surface area contributed by atoms with Crippen LogP contribution in [0.4, 0.5) is 8.78 Å². The molecule has 2 heterocycles. The number of halogens is 2. The lowest BCUT2D eigenvalue weighted by Gasteiger charge is -2.44. The lowest BCUT2D eigenvalue weighted by molar-refractivity contribution is -0.133. The van der Waals surface area contributed by atoms with Crippen LogP contribution in [0.3, 0.4) is 0 Å². The third-order valence-corrected chi connectivity index (χ3v) is 7.56. The minimum atomic E-state index is -0.714. The molecule has 8 heteroatoms. The number of methoxy groups -OCH3 is 1. The fourth-order valence-electron chi connectivity index (χ4n) is 5.77. The van der Waals surface area contributed by atoms with Crippen molar-refractivity contribution in [3.63, 3.8) is 0 Å². The predicted octanol–water partition coefficient (Wildman–Crippen LogP) is 3.96. The van der Waals surface area contributed by atoms with Crippen molar-refractivity contribution >= 4 is 11.8 Å². The highest BCUT2D eigenvalue weighted by atomic mass is 19.1. The zero-order valence-corrected chi connectivity index (χ0v) is 19.9. The van der Waals surface area contributed by atoms with E-state index in [-0.39, 0.29) is 35.9 Å². The molecular formula is C28H27F2N3O3. The summed E-state index contributed by atoms with van der Waals surface area (Å²) in [7, 11) is 1.64. The van der Waals surface area contributed by atoms with Gasteiger partial charge in [-0.25, -0.2) is 8.78 Å². The Morgan fingerprint density at radius 1 is 1.03 bits per heavy atom. The van der Waals surface area contributed by atoms with Gasteiger partial charge in [-0.05, 0) is 48.2 Å². The van der Waals surface area contributed by atoms with Crippen molar-refractivity contribution in [2.75, 3.05) is 20.2 Å². The highest BCUT2D eigenvalue weighted by Crippen LogP contribution is 2.52. The van der Waals surface area contributed by atoms with Crippen LogP contribution in [0.1, 0.15) is 45.9 Å². The van der Waals surface area contributed by atoms with Gasteiger partial charge in [0.25, 0.3) is 5.91 Å². The fourth-order valence-corrected chi connectivity index (χ4v) is 5.77. The van der Waals surface area contributed by atoms with Gasteiger partial charge in [-0.15, -0.1) is 0 Å². The van der Waals surface area contributed by atoms with Gasteiger partial charge < -0.3 is 15.0 Å². The molecule has 1 saturated heterocycles. The summed E-state index contributed by atoms with van der Waals surface area (Å²) < 4.78 is 34.2. The summed E-state index contributed by atoms with van der Waals surface area (Å²) in [6.45, 7) is 0.849. The standard InChI is InChI=1S/C28H27F2N3O3/c1-36-26-25(32-27(35)18-9-13-31-14-10-18)19-5-2-3-6-21(19)28(26)11-15-33(16-12-28)24(34)17-20-22(29)7-4-8-23(20)30/h2-10,13-14,25-26H,11-12,15-17H2,1H3,(H,32,35)/t25-,26+/m1/s1. The topological polar surface area (TPSA) is 71.5 Å². The number of hydrogen-bond acceptors (Lipinski definition) is 4. The largest absolute Gasteiger partial charge is 0.378 e. The molecule has 186 valence electrons. The van der Waals surface area contributed by atoms with Crippen LogP contribution in [0, 0.1) is 11.6 Å². The monoisotopic (exact) mass is 491 g/mol. The molecule has 1 aliphatic carbocycles. The number of ether oxygens (including phenoxy) is 1. The van der Waals surface area contributed by atoms with Gasteiger partial charge in [0, 0.05) is 49.1 Å². The Labute approximate surface area is 208 Å². The van der Waals surface area contributed by atoms with E-state index in [1.54, 1.807) is 36.5 Å². The number of hydrogen-bond donors (Lipinski definition) is 1. The molecule has 1 fully saturated rings. The zero-order valence-electron chi connectivity index (χ0n) is 19.9. The van der Waals surface area contributed by atoms with Gasteiger partial charge in [0.2, 0.25) is 5.91 Å². The van der Waals surface area contributed by atoms with Gasteiger partial charge in [-0.2, -0.15) is 0 Å². The highest BCUT2D eigenvalue weighted by Gasteiger charge is 2.54. The number of nitrogens with zero attached hydrogens (tertiary/aromatic N) is 2. The second-order valence-electron chi connectivity index (χ2n) is 9.34. The van der Waals surface area contributed by atoms with Crippen molar-refractivity contribution in [3.8, 4) is 0 Å². The molecule has 1 spiro atoms. The molecule has 0 radical (unpaired) electrons. The quantitative estimate of drug-likeness (QED) is 0.587. The Kier molecular flexibility index (Phi) is 6.53. The van der Waals surface area contributed by atoms with Gasteiger partial charge in [-0.3, -0.25) is 14.6 Å². The van der Waals surface area contributed by atoms with E-state index in [9.17, 15) is 18.4 Å². The minimum absolute atomic E-state index is 0.206. The molecule has 0 saturated carbocycles. The van der Waals surface area contributed by atoms with E-state index in [1.165, 1.54) is 6.07 Å². The molecule has 2 aliphatic rings. The van der Waals surface area contributed by atoms with Crippen molar-refractivity contribution in [1.29, 1.82) is 0 Å². The van der Waals surface area contributed by atoms with Crippen LogP contribution in [0.25, 0.3) is 0 Å². The SMILES string of the molecule is CO[C@H]1[C@H](NC(=O)c2ccncc2)c2ccccc2C12CCN(C(=O)Cc1c(F)cccc1F)CC2. The van der Waals surface area contributed by atoms with Gasteiger partial charge in [0.05, 0.1) is 18.6 Å². The van der Waals surface area contributed by atoms with E-state index >= 15 is 0 Å². The van der Waals surface area contributed by atoms with Crippen LogP contribution < -0.4 is 5.32 Å². The summed E-state index contributed by atoms with van der Waals surface area (Å²) in [6.07, 6.45) is 3.72. The molecule has 5 rings (SSSR count). The first kappa shape index (κ1) is 24.1. The number of amides is 2. The fraction of sp³-hybridized carbons (Fsp3) is 0.321. The third-order valence-electron chi connectivity index (χ3n) is 7.56. The van der Waals surface area contributed by atoms with Crippen LogP contribution in [0.2, 0.25) is 0 Å². The molecule has 1 aliphatic heterocycles. The van der Waals surface area contributed by atoms with Gasteiger partial charge in [0.1, 0.15) is 11.6 Å². The van der Waals surface area contributed by atoms with Gasteiger partial charge in [0.15, 0.2) is 0 Å². The minimum Gasteiger partial charge on any atom is -0.378 e. The Morgan fingerprint density at radius 3 is 2.36 bits per heavy atom. The molecule has 2 aromatic carbocycles. The highest BCUT2D eigenvalue weighted by molar-refractivity contribution is 5.94. The molecule has 36 heavy (non-hydrogen) atoms. The number of likely N-dealkylation sites (tertiary alicyclic amines) is 1. The Morgan fingerprint density at radius 2 is 1.69 bits per heavy atom. The predicted molar refractivity (Wildman–Crippen MR) is 129 cm³/mol. The third kappa shape index (κ3) is 4.15. The van der Waals surface area contributed by atoms with Crippen LogP contribution in [0.5, 0.6) is 0 Å². The van der Waals surface area contributed by atoms with Gasteiger partial charge in [-0.1, -0.05) is 30.3 Å². The van der Waals surface area contributed by atoms with Crippen molar-refractivity contribution in [2.24, 2.45) is 0 Å². The Hall–Kier alpha value is -3.65. The van der Waals surface area contributed by atoms with Crippen LogP contribution in [-0.4, -0.2) is 48.0 Å². The van der Waals surface area contributed by atoms with Crippen molar-refractivity contribution in [3.05, 3.63) is 101 Å². The van der Waals surface area contributed by atoms with Crippen molar-refractivity contribution in [2.45, 2.75) is 36.8 Å². The van der Waals surface area contributed by atoms with Crippen molar-refractivity contribution in [1.82, 2.24) is 15.2 Å². The smallest absolute Gasteiger partial charge is 0.251 e. The maximum atomic E-state index is 14.1. The number of carbonyl (C=O) groups is 2. The first-order valence-electron chi connectivity index (χ1n) is 12.0. The molecule has 0 bridgehead atoms. The summed E-state index contributed by atoms with van der Waals surface area (Å²) >= 11 is 0. The molecule has 1 aromatic heterocycles. The lowest BCUT2D eigenvalue weighted by atomic mass is 9.71. The molecule has 6 nitrogen and oxygen atoms in total. The number of carbonyl (C=O) groups excluding carboxylic acids is 2. The van der Waals surface area contributed by atoms with Crippen LogP contribution >= 0.6 is 0 Å². The average molecular weight is 492 g/mol. The summed E-state index contributed by atoms with van der Waals surface area (Å²) in [5, 5.41) is 3.15. The molecule has 0 unspecified atom stereocenters. The van der Waals surface area contributed by atoms with E-state index < -0.39 is 17.0 Å². The molecular weight excluding hydrogens is 464 g/mol. The first-order valence-corrected chi connectivity index (χ1v) is 12.0. The summed E-state index contributed by atoms with van der Waals surface area (Å²) in [4.78, 5) is 31.6. The lowest BCUT2D eigenvalue weighted by Crippen LogP contribution is -2.52. The van der Waals surface area contributed by atoms with E-state index in [0.717, 1.165) is 23.3 Å². The van der Waals surface area contributed by atoms with E-state index in [4.69, 9.17) is 4.74 Å². The van der Waals surface area contributed by atoms with E-state index in [2.05, 4.69) is 16.4 Å². The molecule has 2 atom stereocenters. The summed E-state index contributed by atoms with van der Waals surface area (Å²) in [6, 6.07) is 14.6. The Bertz CT molecular complexity index is 1260. The average Bonchev–Trinajstić information content (AvgIpc) is 3.15. The number of rotatable bonds is 5. The van der Waals surface area contributed by atoms with Crippen molar-refractivity contribution < 1.29 is 23.1 Å². The van der Waals surface area contributed by atoms with Gasteiger partial charge >= 0.3 is 0 Å². The second-order valence-corrected chi connectivity index (χ2v) is 9.34. The number of piperidine rings is 1. The molecule has 3 aromatic rings. The van der Waals surface area contributed by atoms with E-state index in [0.29, 0.717) is 31.5 Å². The molecule has 2 amide bonds. The number of benzene rings is 2. The zero-order chi connectivity index (χ0) is 25.3. The number of nitrogens with one attached hydrogen (secondary N) is 1. The maximum Gasteiger partial charge on any atom is 0.251 e. The summed E-state index contributed by atoms with van der Waals surface area (Å²) in [5.41, 5.74) is 2.01. The van der Waals surface area contributed by atoms with Crippen LogP contribution in [-0.2, 0) is 21.4 Å². The second kappa shape index (κ2) is 9.78.